The first-order valence-electron chi connectivity index (χ1n) is 6.79. The molecule has 0 saturated carbocycles. The van der Waals surface area contributed by atoms with Gasteiger partial charge in [0, 0.05) is 23.4 Å². The smallest absolute Gasteiger partial charge is 0.267 e. The van der Waals surface area contributed by atoms with Crippen LogP contribution in [0.25, 0.3) is 0 Å². The minimum Gasteiger partial charge on any atom is -0.479 e. The van der Waals surface area contributed by atoms with Crippen LogP contribution in [0.2, 0.25) is 0 Å². The highest BCUT2D eigenvalue weighted by molar-refractivity contribution is 14.1. The number of halogens is 1. The summed E-state index contributed by atoms with van der Waals surface area (Å²) in [7, 11) is 1.89. The molecule has 1 unspecified atom stereocenters. The summed E-state index contributed by atoms with van der Waals surface area (Å²) >= 11 is 2.24. The van der Waals surface area contributed by atoms with Crippen LogP contribution in [-0.2, 0) is 18.3 Å². The molecule has 0 radical (unpaired) electrons. The van der Waals surface area contributed by atoms with Crippen LogP contribution in [0.4, 0.5) is 5.69 Å². The first-order chi connectivity index (χ1) is 10.0. The summed E-state index contributed by atoms with van der Waals surface area (Å²) in [5.74, 6) is 0.785. The number of hydrogen-bond acceptors (Lipinski definition) is 3. The predicted molar refractivity (Wildman–Crippen MR) is 88.5 cm³/mol. The largest absolute Gasteiger partial charge is 0.479 e. The SMILES string of the molecule is CC1Oc2cc(I)ccc2N(CCc2cnn(C)c2)C1=O. The van der Waals surface area contributed by atoms with Gasteiger partial charge >= 0.3 is 0 Å². The number of hydrogen-bond donors (Lipinski definition) is 0. The third-order valence-electron chi connectivity index (χ3n) is 3.51. The molecule has 0 aliphatic carbocycles. The highest BCUT2D eigenvalue weighted by Gasteiger charge is 2.31. The number of fused-ring (bicyclic) bond motifs is 1. The summed E-state index contributed by atoms with van der Waals surface area (Å²) in [6.45, 7) is 2.42. The molecule has 1 aromatic carbocycles. The molecule has 1 aliphatic rings. The maximum Gasteiger partial charge on any atom is 0.267 e. The van der Waals surface area contributed by atoms with E-state index in [0.29, 0.717) is 6.54 Å². The Labute approximate surface area is 137 Å². The van der Waals surface area contributed by atoms with E-state index < -0.39 is 6.10 Å². The molecule has 0 bridgehead atoms. The first kappa shape index (κ1) is 14.4. The Balaban J connectivity index is 1.84. The van der Waals surface area contributed by atoms with Gasteiger partial charge in [0.15, 0.2) is 6.10 Å². The summed E-state index contributed by atoms with van der Waals surface area (Å²) in [6, 6.07) is 5.91. The van der Waals surface area contributed by atoms with Gasteiger partial charge in [-0.25, -0.2) is 0 Å². The van der Waals surface area contributed by atoms with Crippen molar-refractivity contribution in [1.29, 1.82) is 0 Å². The van der Waals surface area contributed by atoms with E-state index in [1.165, 1.54) is 0 Å². The van der Waals surface area contributed by atoms with Crippen LogP contribution < -0.4 is 9.64 Å². The van der Waals surface area contributed by atoms with Crippen molar-refractivity contribution in [3.05, 3.63) is 39.7 Å². The lowest BCUT2D eigenvalue weighted by Crippen LogP contribution is -2.45. The third kappa shape index (κ3) is 2.90. The number of carbonyl (C=O) groups is 1. The molecule has 1 aromatic heterocycles. The zero-order chi connectivity index (χ0) is 15.0. The molecule has 2 heterocycles. The molecule has 0 fully saturated rings. The van der Waals surface area contributed by atoms with Gasteiger partial charge in [0.05, 0.1) is 11.9 Å². The van der Waals surface area contributed by atoms with Crippen LogP contribution in [0.1, 0.15) is 12.5 Å². The molecule has 6 heteroatoms. The van der Waals surface area contributed by atoms with Crippen molar-refractivity contribution >= 4 is 34.2 Å². The molecule has 2 aromatic rings. The molecule has 1 aliphatic heterocycles. The summed E-state index contributed by atoms with van der Waals surface area (Å²) < 4.78 is 8.57. The summed E-state index contributed by atoms with van der Waals surface area (Å²) in [4.78, 5) is 14.2. The molecule has 1 atom stereocenters. The number of carbonyl (C=O) groups excluding carboxylic acids is 1. The zero-order valence-electron chi connectivity index (χ0n) is 11.9. The number of aromatic nitrogens is 2. The molecule has 0 spiro atoms. The van der Waals surface area contributed by atoms with Crippen LogP contribution in [0.5, 0.6) is 5.75 Å². The Morgan fingerprint density at radius 1 is 1.43 bits per heavy atom. The van der Waals surface area contributed by atoms with Crippen LogP contribution in [0, 0.1) is 3.57 Å². The van der Waals surface area contributed by atoms with E-state index >= 15 is 0 Å². The van der Waals surface area contributed by atoms with Crippen molar-refractivity contribution in [2.45, 2.75) is 19.4 Å². The van der Waals surface area contributed by atoms with Gasteiger partial charge in [0.2, 0.25) is 0 Å². The van der Waals surface area contributed by atoms with Crippen molar-refractivity contribution in [3.63, 3.8) is 0 Å². The second kappa shape index (κ2) is 5.67. The quantitative estimate of drug-likeness (QED) is 0.748. The summed E-state index contributed by atoms with van der Waals surface area (Å²) in [6.07, 6.45) is 4.15. The predicted octanol–water partition coefficient (Wildman–Crippen LogP) is 2.38. The molecular weight excluding hydrogens is 381 g/mol. The lowest BCUT2D eigenvalue weighted by atomic mass is 10.1. The molecule has 5 nitrogen and oxygen atoms in total. The number of anilines is 1. The van der Waals surface area contributed by atoms with Gasteiger partial charge in [-0.15, -0.1) is 0 Å². The fraction of sp³-hybridized carbons (Fsp3) is 0.333. The lowest BCUT2D eigenvalue weighted by Gasteiger charge is -2.33. The maximum absolute atomic E-state index is 12.4. The Hall–Kier alpha value is -1.57. The zero-order valence-corrected chi connectivity index (χ0v) is 14.1. The van der Waals surface area contributed by atoms with E-state index in [1.807, 2.05) is 42.5 Å². The van der Waals surface area contributed by atoms with Gasteiger partial charge in [-0.1, -0.05) is 0 Å². The number of aryl methyl sites for hydroxylation is 1. The van der Waals surface area contributed by atoms with Crippen molar-refractivity contribution in [1.82, 2.24) is 9.78 Å². The van der Waals surface area contributed by atoms with Crippen LogP contribution in [0.15, 0.2) is 30.6 Å². The van der Waals surface area contributed by atoms with E-state index in [4.69, 9.17) is 4.74 Å². The van der Waals surface area contributed by atoms with Crippen molar-refractivity contribution in [2.24, 2.45) is 7.05 Å². The minimum absolute atomic E-state index is 0.00704. The number of amides is 1. The monoisotopic (exact) mass is 397 g/mol. The average Bonchev–Trinajstić information content (AvgIpc) is 2.85. The standard InChI is InChI=1S/C15H16IN3O2/c1-10-15(20)19(6-5-11-8-17-18(2)9-11)13-4-3-12(16)7-14(13)21-10/h3-4,7-10H,5-6H2,1-2H3. The van der Waals surface area contributed by atoms with Gasteiger partial charge < -0.3 is 9.64 Å². The Morgan fingerprint density at radius 3 is 2.95 bits per heavy atom. The van der Waals surface area contributed by atoms with Gasteiger partial charge in [-0.05, 0) is 59.7 Å². The van der Waals surface area contributed by atoms with E-state index in [1.54, 1.807) is 11.6 Å². The molecule has 0 N–H and O–H groups in total. The van der Waals surface area contributed by atoms with Crippen molar-refractivity contribution < 1.29 is 9.53 Å². The Kier molecular flexibility index (Phi) is 3.88. The van der Waals surface area contributed by atoms with E-state index in [9.17, 15) is 4.79 Å². The van der Waals surface area contributed by atoms with Gasteiger partial charge in [-0.2, -0.15) is 5.10 Å². The van der Waals surface area contributed by atoms with E-state index in [2.05, 4.69) is 27.7 Å². The lowest BCUT2D eigenvalue weighted by molar-refractivity contribution is -0.125. The average molecular weight is 397 g/mol. The van der Waals surface area contributed by atoms with Gasteiger partial charge in [-0.3, -0.25) is 9.48 Å². The number of nitrogens with zero attached hydrogens (tertiary/aromatic N) is 3. The van der Waals surface area contributed by atoms with E-state index in [-0.39, 0.29) is 5.91 Å². The molecular formula is C15H16IN3O2. The first-order valence-corrected chi connectivity index (χ1v) is 7.87. The van der Waals surface area contributed by atoms with Crippen LogP contribution >= 0.6 is 22.6 Å². The summed E-state index contributed by atoms with van der Waals surface area (Å²) in [5.41, 5.74) is 1.97. The van der Waals surface area contributed by atoms with Gasteiger partial charge in [0.25, 0.3) is 5.91 Å². The molecule has 3 rings (SSSR count). The van der Waals surface area contributed by atoms with Gasteiger partial charge in [0.1, 0.15) is 5.75 Å². The Bertz CT molecular complexity index is 683. The fourth-order valence-corrected chi connectivity index (χ4v) is 2.92. The number of ether oxygens (including phenoxy) is 1. The summed E-state index contributed by atoms with van der Waals surface area (Å²) in [5, 5.41) is 4.16. The molecule has 0 saturated heterocycles. The molecule has 1 amide bonds. The second-order valence-electron chi connectivity index (χ2n) is 5.13. The highest BCUT2D eigenvalue weighted by Crippen LogP contribution is 2.35. The molecule has 110 valence electrons. The van der Waals surface area contributed by atoms with Crippen LogP contribution in [-0.4, -0.2) is 28.3 Å². The molecule has 21 heavy (non-hydrogen) atoms. The van der Waals surface area contributed by atoms with Crippen LogP contribution in [0.3, 0.4) is 0 Å². The Morgan fingerprint density at radius 2 is 2.24 bits per heavy atom. The van der Waals surface area contributed by atoms with Crippen molar-refractivity contribution in [2.75, 3.05) is 11.4 Å². The van der Waals surface area contributed by atoms with Crippen molar-refractivity contribution in [3.8, 4) is 5.75 Å². The van der Waals surface area contributed by atoms with E-state index in [0.717, 1.165) is 27.0 Å². The third-order valence-corrected chi connectivity index (χ3v) is 4.18. The minimum atomic E-state index is -0.440. The number of benzene rings is 1. The normalized spacial score (nSPS) is 17.6. The maximum atomic E-state index is 12.4. The number of rotatable bonds is 3. The second-order valence-corrected chi connectivity index (χ2v) is 6.38. The highest BCUT2D eigenvalue weighted by atomic mass is 127. The fourth-order valence-electron chi connectivity index (χ4n) is 2.46. The topological polar surface area (TPSA) is 47.4 Å².